The second-order valence-electron chi connectivity index (χ2n) is 19.4. The van der Waals surface area contributed by atoms with Gasteiger partial charge in [-0.2, -0.15) is 0 Å². The van der Waals surface area contributed by atoms with Crippen LogP contribution in [0.25, 0.3) is 60.6 Å². The Morgan fingerprint density at radius 2 is 1.41 bits per heavy atom. The number of hydrogen-bond donors (Lipinski definition) is 0. The maximum absolute atomic E-state index is 13.4. The molecule has 1 aliphatic rings. The van der Waals surface area contributed by atoms with Gasteiger partial charge in [0.1, 0.15) is 11.9 Å². The molecular weight excluding hydrogens is 721 g/mol. The van der Waals surface area contributed by atoms with Crippen LogP contribution in [0.2, 0.25) is 0 Å². The Hall–Kier alpha value is -5.48. The lowest BCUT2D eigenvalue weighted by Gasteiger charge is -2.36. The molecule has 3 heterocycles. The average Bonchev–Trinajstić information content (AvgIpc) is 3.55. The fraction of sp³-hybridized carbons (Fsp3) is 0.345. The molecule has 0 saturated heterocycles. The number of rotatable bonds is 10. The number of nitrogens with zero attached hydrogens (tertiary/aromatic N) is 2. The van der Waals surface area contributed by atoms with Crippen molar-refractivity contribution in [2.24, 2.45) is 16.7 Å². The Labute approximate surface area is 351 Å². The van der Waals surface area contributed by atoms with E-state index in [9.17, 15) is 4.79 Å². The fourth-order valence-electron chi connectivity index (χ4n) is 9.63. The number of carbonyl (C=O) groups excluding carboxylic acids is 1. The minimum atomic E-state index is -0.502. The molecule has 302 valence electrons. The van der Waals surface area contributed by atoms with Crippen LogP contribution >= 0.6 is 0 Å². The van der Waals surface area contributed by atoms with E-state index in [-0.39, 0.29) is 28.6 Å². The van der Waals surface area contributed by atoms with Gasteiger partial charge >= 0.3 is 0 Å². The average molecular weight is 781 g/mol. The largest absolute Gasteiger partial charge is 0.494 e. The molecule has 59 heavy (non-hydrogen) atoms. The zero-order valence-electron chi connectivity index (χ0n) is 36.9. The monoisotopic (exact) mass is 780 g/mol. The van der Waals surface area contributed by atoms with Crippen molar-refractivity contribution >= 4 is 38.4 Å². The number of benzene rings is 5. The Morgan fingerprint density at radius 3 is 2.14 bits per heavy atom. The van der Waals surface area contributed by atoms with E-state index < -0.39 is 5.41 Å². The van der Waals surface area contributed by atoms with Crippen LogP contribution in [0, 0.1) is 16.7 Å². The lowest BCUT2D eigenvalue weighted by Crippen LogP contribution is -2.30. The summed E-state index contributed by atoms with van der Waals surface area (Å²) in [5.74, 6) is 1.18. The SMILES string of the molecule is CCC(CC)[C@H](c1ccc(-c2ccc3c(c2)c2cccc4c2n3-c2ccccc2C4(C)C)cc1-c1nccc2ccccc12)C(C)O/C(=C\C(=O)C(C)(C)C)C(C)(C)C. The van der Waals surface area contributed by atoms with E-state index in [2.05, 4.69) is 169 Å². The zero-order chi connectivity index (χ0) is 42.0. The summed E-state index contributed by atoms with van der Waals surface area (Å²) >= 11 is 0. The molecule has 8 rings (SSSR count). The van der Waals surface area contributed by atoms with Crippen molar-refractivity contribution in [3.63, 3.8) is 0 Å². The minimum absolute atomic E-state index is 0.0363. The molecule has 0 aliphatic carbocycles. The molecule has 2 aromatic heterocycles. The Kier molecular flexibility index (Phi) is 10.2. The summed E-state index contributed by atoms with van der Waals surface area (Å²) in [6.07, 6.45) is 5.48. The van der Waals surface area contributed by atoms with E-state index in [0.29, 0.717) is 5.92 Å². The van der Waals surface area contributed by atoms with Crippen molar-refractivity contribution in [3.05, 3.63) is 144 Å². The third-order valence-corrected chi connectivity index (χ3v) is 13.1. The molecule has 4 heteroatoms. The van der Waals surface area contributed by atoms with Gasteiger partial charge in [-0.05, 0) is 76.4 Å². The summed E-state index contributed by atoms with van der Waals surface area (Å²) < 4.78 is 9.53. The molecule has 0 saturated carbocycles. The van der Waals surface area contributed by atoms with Crippen LogP contribution in [0.5, 0.6) is 0 Å². The summed E-state index contributed by atoms with van der Waals surface area (Å²) in [6.45, 7) is 23.8. The van der Waals surface area contributed by atoms with Gasteiger partial charge in [-0.1, -0.05) is 161 Å². The molecule has 0 fully saturated rings. The third kappa shape index (κ3) is 6.99. The number of allylic oxidation sites excluding steroid dienone is 2. The molecule has 4 nitrogen and oxygen atoms in total. The number of aromatic nitrogens is 2. The van der Waals surface area contributed by atoms with E-state index in [1.165, 1.54) is 49.7 Å². The maximum Gasteiger partial charge on any atom is 0.164 e. The summed E-state index contributed by atoms with van der Waals surface area (Å²) in [7, 11) is 0. The highest BCUT2D eigenvalue weighted by atomic mass is 16.5. The lowest BCUT2D eigenvalue weighted by molar-refractivity contribution is -0.121. The third-order valence-electron chi connectivity index (χ3n) is 13.1. The molecule has 0 spiro atoms. The molecule has 0 radical (unpaired) electrons. The van der Waals surface area contributed by atoms with Crippen LogP contribution in [0.3, 0.4) is 0 Å². The highest BCUT2D eigenvalue weighted by molar-refractivity contribution is 6.12. The van der Waals surface area contributed by atoms with Crippen LogP contribution in [-0.2, 0) is 14.9 Å². The smallest absolute Gasteiger partial charge is 0.164 e. The molecule has 2 atom stereocenters. The molecule has 0 bridgehead atoms. The molecule has 0 N–H and O–H groups in total. The van der Waals surface area contributed by atoms with Crippen molar-refractivity contribution in [3.8, 4) is 28.1 Å². The van der Waals surface area contributed by atoms with Crippen LogP contribution in [0.1, 0.15) is 112 Å². The van der Waals surface area contributed by atoms with Crippen molar-refractivity contribution in [2.45, 2.75) is 106 Å². The first-order chi connectivity index (χ1) is 28.0. The van der Waals surface area contributed by atoms with E-state index in [4.69, 9.17) is 9.72 Å². The highest BCUT2D eigenvalue weighted by Gasteiger charge is 2.36. The Balaban J connectivity index is 1.33. The predicted molar refractivity (Wildman–Crippen MR) is 248 cm³/mol. The topological polar surface area (TPSA) is 44.1 Å². The van der Waals surface area contributed by atoms with Gasteiger partial charge in [0.2, 0.25) is 0 Å². The van der Waals surface area contributed by atoms with E-state index in [1.54, 1.807) is 6.08 Å². The number of fused-ring (bicyclic) bond motifs is 6. The van der Waals surface area contributed by atoms with E-state index in [1.807, 2.05) is 27.0 Å². The standard InChI is InChI=1S/C55H60N2O2/c1-12-35(13-2)50(34(3)59-49(54(7,8)9)33-48(58)53(4,5)6)40-27-25-37(32-43(40)51-39-20-15-14-19-36(39)29-30-56-51)38-26-28-46-42(31-38)41-21-18-23-45-52(41)57(46)47-24-17-16-22-44(47)55(45,10)11/h14-35,50H,12-13H2,1-11H3/b49-33-/t34?,50-/m1/s1. The van der Waals surface area contributed by atoms with Crippen molar-refractivity contribution < 1.29 is 9.53 Å². The van der Waals surface area contributed by atoms with Gasteiger partial charge in [-0.15, -0.1) is 0 Å². The summed E-state index contributed by atoms with van der Waals surface area (Å²) in [4.78, 5) is 18.6. The Morgan fingerprint density at radius 1 is 0.746 bits per heavy atom. The van der Waals surface area contributed by atoms with Gasteiger partial charge in [0.15, 0.2) is 5.78 Å². The van der Waals surface area contributed by atoms with Gasteiger partial charge in [0.05, 0.1) is 22.4 Å². The number of ketones is 1. The lowest BCUT2D eigenvalue weighted by atomic mass is 9.75. The minimum Gasteiger partial charge on any atom is -0.494 e. The normalized spacial score (nSPS) is 15.2. The molecule has 7 aromatic rings. The molecule has 1 unspecified atom stereocenters. The summed E-state index contributed by atoms with van der Waals surface area (Å²) in [5, 5.41) is 4.82. The maximum atomic E-state index is 13.4. The second-order valence-corrected chi connectivity index (χ2v) is 19.4. The number of ether oxygens (including phenoxy) is 1. The van der Waals surface area contributed by atoms with Crippen LogP contribution in [0.4, 0.5) is 0 Å². The molecule has 0 amide bonds. The molecule has 5 aromatic carbocycles. The predicted octanol–water partition coefficient (Wildman–Crippen LogP) is 14.8. The summed E-state index contributed by atoms with van der Waals surface area (Å²) in [5.41, 5.74) is 11.2. The number of para-hydroxylation sites is 2. The van der Waals surface area contributed by atoms with E-state index in [0.717, 1.165) is 46.2 Å². The second kappa shape index (κ2) is 15.0. The first-order valence-corrected chi connectivity index (χ1v) is 21.6. The number of pyridine rings is 1. The quantitative estimate of drug-likeness (QED) is 0.103. The van der Waals surface area contributed by atoms with Gasteiger partial charge in [-0.25, -0.2) is 0 Å². The molecule has 1 aliphatic heterocycles. The molecular formula is C55H60N2O2. The first kappa shape index (κ1) is 40.3. The van der Waals surface area contributed by atoms with Gasteiger partial charge in [0, 0.05) is 56.2 Å². The van der Waals surface area contributed by atoms with Crippen LogP contribution < -0.4 is 0 Å². The van der Waals surface area contributed by atoms with Gasteiger partial charge < -0.3 is 9.30 Å². The zero-order valence-corrected chi connectivity index (χ0v) is 36.9. The fourth-order valence-corrected chi connectivity index (χ4v) is 9.63. The Bertz CT molecular complexity index is 2760. The number of hydrogen-bond acceptors (Lipinski definition) is 3. The van der Waals surface area contributed by atoms with Gasteiger partial charge in [-0.3, -0.25) is 9.78 Å². The van der Waals surface area contributed by atoms with Crippen molar-refractivity contribution in [2.75, 3.05) is 0 Å². The van der Waals surface area contributed by atoms with Crippen LogP contribution in [0.15, 0.2) is 127 Å². The van der Waals surface area contributed by atoms with Crippen molar-refractivity contribution in [1.29, 1.82) is 0 Å². The van der Waals surface area contributed by atoms with Crippen molar-refractivity contribution in [1.82, 2.24) is 9.55 Å². The highest BCUT2D eigenvalue weighted by Crippen LogP contribution is 2.49. The van der Waals surface area contributed by atoms with E-state index >= 15 is 0 Å². The number of carbonyl (C=O) groups is 1. The van der Waals surface area contributed by atoms with Crippen LogP contribution in [-0.4, -0.2) is 21.4 Å². The summed E-state index contributed by atoms with van der Waals surface area (Å²) in [6, 6.07) is 40.4. The first-order valence-electron chi connectivity index (χ1n) is 21.6. The van der Waals surface area contributed by atoms with Gasteiger partial charge in [0.25, 0.3) is 0 Å².